The van der Waals surface area contributed by atoms with Crippen molar-refractivity contribution in [2.75, 3.05) is 13.1 Å². The van der Waals surface area contributed by atoms with Crippen LogP contribution in [0.1, 0.15) is 31.2 Å². The molecule has 7 heteroatoms. The van der Waals surface area contributed by atoms with Crippen molar-refractivity contribution in [3.63, 3.8) is 0 Å². The standard InChI is InChI=1S/C28H29N3O4/c32-27(30-34)25-18-23(35-22-9-11-26-21(17-22)7-4-14-29-26)8-10-24(25)28(33)31-15-12-20(13-16-31)19-5-2-1-3-6-19/h1-7,9,11-12,14,17,23-25,34H,8,10,13,15-16,18H2,(H,30,32)/t23-,24+,25+/m1/s1. The van der Waals surface area contributed by atoms with E-state index in [2.05, 4.69) is 23.2 Å². The highest BCUT2D eigenvalue weighted by atomic mass is 16.5. The largest absolute Gasteiger partial charge is 0.490 e. The Balaban J connectivity index is 1.26. The Bertz CT molecular complexity index is 1240. The van der Waals surface area contributed by atoms with E-state index in [1.807, 2.05) is 53.4 Å². The number of amides is 2. The molecule has 1 aromatic heterocycles. The second kappa shape index (κ2) is 10.3. The molecule has 35 heavy (non-hydrogen) atoms. The molecule has 2 N–H and O–H groups in total. The molecular weight excluding hydrogens is 442 g/mol. The molecule has 2 amide bonds. The van der Waals surface area contributed by atoms with Crippen LogP contribution in [0.2, 0.25) is 0 Å². The van der Waals surface area contributed by atoms with E-state index in [1.54, 1.807) is 11.7 Å². The first kappa shape index (κ1) is 23.1. The summed E-state index contributed by atoms with van der Waals surface area (Å²) in [5, 5.41) is 10.3. The lowest BCUT2D eigenvalue weighted by molar-refractivity contribution is -0.148. The van der Waals surface area contributed by atoms with Crippen LogP contribution < -0.4 is 10.2 Å². The Morgan fingerprint density at radius 2 is 1.89 bits per heavy atom. The van der Waals surface area contributed by atoms with Gasteiger partial charge in [0.25, 0.3) is 0 Å². The molecule has 1 aliphatic heterocycles. The molecule has 0 saturated heterocycles. The second-order valence-corrected chi connectivity index (χ2v) is 9.23. The summed E-state index contributed by atoms with van der Waals surface area (Å²) in [5.41, 5.74) is 5.08. The number of carbonyl (C=O) groups excluding carboxylic acids is 2. The molecule has 2 heterocycles. The highest BCUT2D eigenvalue weighted by Gasteiger charge is 2.42. The predicted octanol–water partition coefficient (Wildman–Crippen LogP) is 4.22. The van der Waals surface area contributed by atoms with Crippen LogP contribution in [0.4, 0.5) is 0 Å². The molecule has 0 spiro atoms. The molecule has 0 unspecified atom stereocenters. The van der Waals surface area contributed by atoms with Crippen molar-refractivity contribution in [1.82, 2.24) is 15.4 Å². The van der Waals surface area contributed by atoms with Gasteiger partial charge in [-0.15, -0.1) is 0 Å². The molecule has 0 radical (unpaired) electrons. The number of hydrogen-bond acceptors (Lipinski definition) is 5. The fourth-order valence-corrected chi connectivity index (χ4v) is 5.24. The number of nitrogens with zero attached hydrogens (tertiary/aromatic N) is 2. The lowest BCUT2D eigenvalue weighted by Gasteiger charge is -2.37. The third kappa shape index (κ3) is 5.05. The van der Waals surface area contributed by atoms with Gasteiger partial charge in [-0.05, 0) is 61.1 Å². The van der Waals surface area contributed by atoms with Gasteiger partial charge in [0.1, 0.15) is 5.75 Å². The molecule has 3 aromatic rings. The van der Waals surface area contributed by atoms with E-state index in [1.165, 1.54) is 11.1 Å². The number of ether oxygens (including phenoxy) is 1. The number of benzene rings is 2. The zero-order chi connectivity index (χ0) is 24.2. The molecule has 2 aromatic carbocycles. The summed E-state index contributed by atoms with van der Waals surface area (Å²) in [7, 11) is 0. The molecule has 3 atom stereocenters. The van der Waals surface area contributed by atoms with E-state index in [0.717, 1.165) is 17.3 Å². The third-order valence-electron chi connectivity index (χ3n) is 7.11. The van der Waals surface area contributed by atoms with Gasteiger partial charge in [0.15, 0.2) is 0 Å². The zero-order valence-corrected chi connectivity index (χ0v) is 19.5. The maximum atomic E-state index is 13.4. The van der Waals surface area contributed by atoms with Crippen molar-refractivity contribution in [3.05, 3.63) is 78.5 Å². The minimum atomic E-state index is -0.645. The molecule has 1 saturated carbocycles. The number of nitrogens with one attached hydrogen (secondary N) is 1. The predicted molar refractivity (Wildman–Crippen MR) is 133 cm³/mol. The van der Waals surface area contributed by atoms with Crippen LogP contribution >= 0.6 is 0 Å². The Kier molecular flexibility index (Phi) is 6.77. The Morgan fingerprint density at radius 3 is 2.66 bits per heavy atom. The van der Waals surface area contributed by atoms with Crippen LogP contribution in [0.25, 0.3) is 16.5 Å². The van der Waals surface area contributed by atoms with Gasteiger partial charge in [0.2, 0.25) is 11.8 Å². The van der Waals surface area contributed by atoms with E-state index < -0.39 is 17.7 Å². The van der Waals surface area contributed by atoms with E-state index in [4.69, 9.17) is 4.74 Å². The Morgan fingerprint density at radius 1 is 1.03 bits per heavy atom. The fourth-order valence-electron chi connectivity index (χ4n) is 5.24. The van der Waals surface area contributed by atoms with Gasteiger partial charge in [-0.1, -0.05) is 42.5 Å². The second-order valence-electron chi connectivity index (χ2n) is 9.23. The minimum Gasteiger partial charge on any atom is -0.490 e. The quantitative estimate of drug-likeness (QED) is 0.429. The molecule has 180 valence electrons. The van der Waals surface area contributed by atoms with Crippen molar-refractivity contribution >= 4 is 28.3 Å². The van der Waals surface area contributed by atoms with Gasteiger partial charge in [-0.25, -0.2) is 5.48 Å². The Hall–Kier alpha value is -3.71. The summed E-state index contributed by atoms with van der Waals surface area (Å²) in [6.07, 6.45) is 5.97. The summed E-state index contributed by atoms with van der Waals surface area (Å²) in [5.74, 6) is -0.977. The van der Waals surface area contributed by atoms with Crippen molar-refractivity contribution in [1.29, 1.82) is 0 Å². The average Bonchev–Trinajstić information content (AvgIpc) is 2.92. The Labute approximate surface area is 204 Å². The molecule has 5 rings (SSSR count). The highest BCUT2D eigenvalue weighted by Crippen LogP contribution is 2.35. The van der Waals surface area contributed by atoms with Gasteiger partial charge in [-0.2, -0.15) is 0 Å². The molecule has 2 aliphatic rings. The maximum absolute atomic E-state index is 13.4. The van der Waals surface area contributed by atoms with Gasteiger partial charge < -0.3 is 9.64 Å². The summed E-state index contributed by atoms with van der Waals surface area (Å²) >= 11 is 0. The summed E-state index contributed by atoms with van der Waals surface area (Å²) in [6.45, 7) is 1.15. The number of hydrogen-bond donors (Lipinski definition) is 2. The molecule has 0 bridgehead atoms. The maximum Gasteiger partial charge on any atom is 0.247 e. The van der Waals surface area contributed by atoms with Crippen molar-refractivity contribution in [2.24, 2.45) is 11.8 Å². The third-order valence-corrected chi connectivity index (χ3v) is 7.11. The topological polar surface area (TPSA) is 91.8 Å². The van der Waals surface area contributed by atoms with Gasteiger partial charge in [0.05, 0.1) is 23.5 Å². The van der Waals surface area contributed by atoms with E-state index >= 15 is 0 Å². The summed E-state index contributed by atoms with van der Waals surface area (Å²) < 4.78 is 6.20. The highest BCUT2D eigenvalue weighted by molar-refractivity contribution is 5.88. The van der Waals surface area contributed by atoms with E-state index in [0.29, 0.717) is 38.1 Å². The first-order valence-electron chi connectivity index (χ1n) is 12.1. The van der Waals surface area contributed by atoms with E-state index in [9.17, 15) is 14.8 Å². The normalized spacial score (nSPS) is 22.4. The molecule has 1 aliphatic carbocycles. The van der Waals surface area contributed by atoms with E-state index in [-0.39, 0.29) is 12.0 Å². The molecule has 1 fully saturated rings. The van der Waals surface area contributed by atoms with Crippen molar-refractivity contribution in [3.8, 4) is 5.75 Å². The first-order chi connectivity index (χ1) is 17.1. The van der Waals surface area contributed by atoms with Crippen molar-refractivity contribution in [2.45, 2.75) is 31.8 Å². The average molecular weight is 472 g/mol. The smallest absolute Gasteiger partial charge is 0.247 e. The molecular formula is C28H29N3O4. The first-order valence-corrected chi connectivity index (χ1v) is 12.1. The number of pyridine rings is 1. The van der Waals surface area contributed by atoms with Crippen LogP contribution in [0.15, 0.2) is 72.9 Å². The van der Waals surface area contributed by atoms with Gasteiger partial charge >= 0.3 is 0 Å². The van der Waals surface area contributed by atoms with Crippen LogP contribution in [0, 0.1) is 11.8 Å². The SMILES string of the molecule is O=C(NO)[C@H]1C[C@H](Oc2ccc3ncccc3c2)CC[C@@H]1C(=O)N1CC=C(c2ccccc2)CC1. The van der Waals surface area contributed by atoms with Crippen LogP contribution in [-0.4, -0.2) is 46.1 Å². The van der Waals surface area contributed by atoms with Gasteiger partial charge in [-0.3, -0.25) is 19.8 Å². The number of rotatable bonds is 5. The number of fused-ring (bicyclic) bond motifs is 1. The van der Waals surface area contributed by atoms with Crippen LogP contribution in [-0.2, 0) is 9.59 Å². The monoisotopic (exact) mass is 471 g/mol. The van der Waals surface area contributed by atoms with Crippen LogP contribution in [0.3, 0.4) is 0 Å². The number of aromatic nitrogens is 1. The lowest BCUT2D eigenvalue weighted by atomic mass is 9.76. The van der Waals surface area contributed by atoms with Crippen molar-refractivity contribution < 1.29 is 19.5 Å². The van der Waals surface area contributed by atoms with Gasteiger partial charge in [0, 0.05) is 24.7 Å². The number of hydroxylamine groups is 1. The summed E-state index contributed by atoms with van der Waals surface area (Å²) in [4.78, 5) is 32.1. The van der Waals surface area contributed by atoms with Crippen LogP contribution in [0.5, 0.6) is 5.75 Å². The molecule has 7 nitrogen and oxygen atoms in total. The number of carbonyl (C=O) groups is 2. The summed E-state index contributed by atoms with van der Waals surface area (Å²) in [6, 6.07) is 19.8. The fraction of sp³-hybridized carbons (Fsp3) is 0.321. The lowest BCUT2D eigenvalue weighted by Crippen LogP contribution is -2.48. The minimum absolute atomic E-state index is 0.0304. The zero-order valence-electron chi connectivity index (χ0n) is 19.5.